The molecule has 0 amide bonds. The van der Waals surface area contributed by atoms with Gasteiger partial charge in [-0.2, -0.15) is 5.09 Å². The van der Waals surface area contributed by atoms with Crippen LogP contribution in [-0.4, -0.2) is 41.1 Å². The Bertz CT molecular complexity index is 1090. The lowest BCUT2D eigenvalue weighted by atomic mass is 10.3. The number of hydrogen-bond donors (Lipinski definition) is 3. The third-order valence-corrected chi connectivity index (χ3v) is 5.61. The number of esters is 2. The van der Waals surface area contributed by atoms with E-state index in [2.05, 4.69) is 11.8 Å². The molecule has 15 heteroatoms. The molecular weight excluding hydrogens is 617 g/mol. The molecule has 234 valence electrons. The number of ether oxygens (including phenoxy) is 2. The third kappa shape index (κ3) is 24.1. The van der Waals surface area contributed by atoms with Crippen molar-refractivity contribution in [1.29, 1.82) is 0 Å². The van der Waals surface area contributed by atoms with E-state index in [0.29, 0.717) is 5.75 Å². The Morgan fingerprint density at radius 3 is 1.51 bits per heavy atom. The lowest BCUT2D eigenvalue weighted by molar-refractivity contribution is -0.149. The van der Waals surface area contributed by atoms with Crippen LogP contribution in [-0.2, 0) is 28.2 Å². The first kappa shape index (κ1) is 43.2. The smallest absolute Gasteiger partial charge is 0.462 e. The molecule has 0 saturated heterocycles. The molecule has 0 aliphatic rings. The van der Waals surface area contributed by atoms with Gasteiger partial charge >= 0.3 is 26.4 Å². The van der Waals surface area contributed by atoms with Gasteiger partial charge in [0, 0.05) is 11.2 Å². The summed E-state index contributed by atoms with van der Waals surface area (Å²) < 4.78 is 42.0. The standard InChI is InChI=1S/C12H18NO5P.C7H7ClO2P.C6H13NO2.CH4.ClH/c1-9(2)17-12(14)10(3)13-19(15,16)18-11-7-5-4-6-8-11;1-11(8,9)10-7-5-3-2-4-6-7;1-4(2)9-6(8)5(3)7;;/h4-10H,1-3H3,(H2,13,15,16);2-6H,1H2;4-5H,7H2,1-3H3;1H4;1H/q;+1;;;/t10-;;5-;;/m0.0../s1. The average Bonchev–Trinajstić information content (AvgIpc) is 2.78. The van der Waals surface area contributed by atoms with E-state index in [1.165, 1.54) is 6.92 Å². The number of halogens is 2. The molecule has 4 atom stereocenters. The molecule has 4 N–H and O–H groups in total. The van der Waals surface area contributed by atoms with Crippen molar-refractivity contribution in [3.63, 3.8) is 0 Å². The second kappa shape index (κ2) is 21.5. The molecule has 0 saturated carbocycles. The Kier molecular flexibility index (Phi) is 22.6. The highest BCUT2D eigenvalue weighted by molar-refractivity contribution is 7.86. The first-order valence-corrected chi connectivity index (χ1v) is 16.1. The maximum atomic E-state index is 11.8. The first-order chi connectivity index (χ1) is 17.9. The highest BCUT2D eigenvalue weighted by atomic mass is 35.7. The highest BCUT2D eigenvalue weighted by Gasteiger charge is 2.28. The topological polar surface area (TPSA) is 163 Å². The summed E-state index contributed by atoms with van der Waals surface area (Å²) in [7, 11) is -4.12. The van der Waals surface area contributed by atoms with Crippen molar-refractivity contribution in [2.24, 2.45) is 5.73 Å². The molecule has 0 radical (unpaired) electrons. The van der Waals surface area contributed by atoms with E-state index in [4.69, 9.17) is 35.5 Å². The Morgan fingerprint density at radius 1 is 0.829 bits per heavy atom. The number of nitrogens with one attached hydrogen (secondary N) is 1. The van der Waals surface area contributed by atoms with Gasteiger partial charge in [0.25, 0.3) is 0 Å². The van der Waals surface area contributed by atoms with Gasteiger partial charge in [-0.1, -0.05) is 43.8 Å². The van der Waals surface area contributed by atoms with Crippen LogP contribution in [0.15, 0.2) is 60.7 Å². The number of rotatable bonds is 10. The van der Waals surface area contributed by atoms with Crippen molar-refractivity contribution >= 4 is 50.1 Å². The van der Waals surface area contributed by atoms with Crippen molar-refractivity contribution < 1.29 is 42.1 Å². The van der Waals surface area contributed by atoms with Crippen LogP contribution in [0.2, 0.25) is 0 Å². The highest BCUT2D eigenvalue weighted by Crippen LogP contribution is 2.50. The maximum absolute atomic E-state index is 11.8. The van der Waals surface area contributed by atoms with Crippen LogP contribution in [0, 0.1) is 6.66 Å². The first-order valence-electron chi connectivity index (χ1n) is 11.8. The van der Waals surface area contributed by atoms with Crippen molar-refractivity contribution in [1.82, 2.24) is 5.09 Å². The molecule has 0 aliphatic heterocycles. The molecular formula is C26H43Cl2N2O9P2+. The zero-order valence-electron chi connectivity index (χ0n) is 23.3. The van der Waals surface area contributed by atoms with Crippen LogP contribution in [0.3, 0.4) is 0 Å². The molecule has 0 aliphatic carbocycles. The van der Waals surface area contributed by atoms with Crippen LogP contribution in [0.1, 0.15) is 49.0 Å². The normalized spacial score (nSPS) is 14.3. The molecule has 41 heavy (non-hydrogen) atoms. The molecule has 0 aromatic heterocycles. The summed E-state index contributed by atoms with van der Waals surface area (Å²) in [6.45, 7) is 10.0. The number of carbonyl (C=O) groups is 2. The predicted molar refractivity (Wildman–Crippen MR) is 165 cm³/mol. The Labute approximate surface area is 254 Å². The van der Waals surface area contributed by atoms with Crippen LogP contribution < -0.4 is 19.9 Å². The average molecular weight is 660 g/mol. The zero-order valence-corrected chi connectivity index (χ0v) is 26.6. The lowest BCUT2D eigenvalue weighted by Gasteiger charge is -2.19. The molecule has 11 nitrogen and oxygen atoms in total. The zero-order chi connectivity index (χ0) is 30.2. The number of para-hydroxylation sites is 2. The van der Waals surface area contributed by atoms with E-state index in [9.17, 15) is 23.6 Å². The molecule has 0 heterocycles. The van der Waals surface area contributed by atoms with Gasteiger partial charge in [-0.05, 0) is 65.8 Å². The molecule has 2 aromatic rings. The van der Waals surface area contributed by atoms with E-state index in [0.717, 1.165) is 0 Å². The molecule has 0 fully saturated rings. The molecule has 2 unspecified atom stereocenters. The predicted octanol–water partition coefficient (Wildman–Crippen LogP) is 6.73. The fraction of sp³-hybridized carbons (Fsp3) is 0.423. The van der Waals surface area contributed by atoms with Gasteiger partial charge in [0.2, 0.25) is 0 Å². The van der Waals surface area contributed by atoms with Crippen LogP contribution in [0.25, 0.3) is 0 Å². The second-order valence-corrected chi connectivity index (χ2v) is 12.9. The Morgan fingerprint density at radius 2 is 1.20 bits per heavy atom. The minimum atomic E-state index is -4.12. The van der Waals surface area contributed by atoms with Gasteiger partial charge in [-0.15, -0.1) is 12.4 Å². The van der Waals surface area contributed by atoms with E-state index in [1.54, 1.807) is 89.2 Å². The van der Waals surface area contributed by atoms with Crippen LogP contribution in [0.5, 0.6) is 11.5 Å². The summed E-state index contributed by atoms with van der Waals surface area (Å²) in [5.41, 5.74) is 5.21. The number of hydrogen-bond acceptors (Lipinski definition) is 9. The van der Waals surface area contributed by atoms with Crippen LogP contribution in [0.4, 0.5) is 0 Å². The maximum Gasteiger partial charge on any atom is 0.510 e. The van der Waals surface area contributed by atoms with Gasteiger partial charge < -0.3 is 29.1 Å². The molecule has 2 aromatic carbocycles. The van der Waals surface area contributed by atoms with Gasteiger partial charge in [-0.25, -0.2) is 9.13 Å². The Hall–Kier alpha value is -2.23. The minimum absolute atomic E-state index is 0. The van der Waals surface area contributed by atoms with Gasteiger partial charge in [0.05, 0.1) is 12.2 Å². The van der Waals surface area contributed by atoms with Crippen molar-refractivity contribution in [3.8, 4) is 11.5 Å². The summed E-state index contributed by atoms with van der Waals surface area (Å²) in [5.74, 6) is -0.239. The third-order valence-electron chi connectivity index (χ3n) is 3.74. The molecule has 0 bridgehead atoms. The van der Waals surface area contributed by atoms with Gasteiger partial charge in [0.1, 0.15) is 23.6 Å². The number of benzene rings is 2. The van der Waals surface area contributed by atoms with E-state index in [-0.39, 0.29) is 43.8 Å². The summed E-state index contributed by atoms with van der Waals surface area (Å²) in [6.07, 6.45) is -0.353. The minimum Gasteiger partial charge on any atom is -0.462 e. The lowest BCUT2D eigenvalue weighted by Crippen LogP contribution is -2.35. The number of nitrogens with two attached hydrogens (primary N) is 1. The van der Waals surface area contributed by atoms with E-state index >= 15 is 0 Å². The number of carbonyl (C=O) groups excluding carboxylic acids is 2. The quantitative estimate of drug-likeness (QED) is 0.141. The van der Waals surface area contributed by atoms with Gasteiger partial charge in [0.15, 0.2) is 6.66 Å². The monoisotopic (exact) mass is 659 g/mol. The summed E-state index contributed by atoms with van der Waals surface area (Å²) in [6, 6.07) is 15.4. The van der Waals surface area contributed by atoms with Crippen molar-refractivity contribution in [3.05, 3.63) is 67.3 Å². The fourth-order valence-electron chi connectivity index (χ4n) is 2.26. The summed E-state index contributed by atoms with van der Waals surface area (Å²) in [5, 5.41) is 2.22. The van der Waals surface area contributed by atoms with Crippen molar-refractivity contribution in [2.45, 2.75) is 73.3 Å². The molecule has 2 rings (SSSR count). The summed E-state index contributed by atoms with van der Waals surface area (Å²) in [4.78, 5) is 31.8. The van der Waals surface area contributed by atoms with Gasteiger partial charge in [-0.3, -0.25) is 9.59 Å². The van der Waals surface area contributed by atoms with E-state index in [1.807, 2.05) is 6.07 Å². The largest absolute Gasteiger partial charge is 0.510 e. The second-order valence-electron chi connectivity index (χ2n) is 8.53. The molecule has 0 spiro atoms. The fourth-order valence-corrected chi connectivity index (χ4v) is 3.99. The van der Waals surface area contributed by atoms with Crippen molar-refractivity contribution in [2.75, 3.05) is 0 Å². The Balaban J connectivity index is -0.000000563. The van der Waals surface area contributed by atoms with E-state index < -0.39 is 32.5 Å². The summed E-state index contributed by atoms with van der Waals surface area (Å²) >= 11 is 5.29. The SMILES string of the molecule is C.CC(C)OC(=O)[C@H](C)N.CC(C)OC(=O)[C@H](C)NP(=O)(O)Oc1ccccc1.Cl.[CH2+]P(=O)(Cl)Oc1ccccc1. The van der Waals surface area contributed by atoms with Crippen LogP contribution >= 0.6 is 38.1 Å².